The van der Waals surface area contributed by atoms with Gasteiger partial charge >= 0.3 is 0 Å². The quantitative estimate of drug-likeness (QED) is 0.892. The van der Waals surface area contributed by atoms with Gasteiger partial charge in [-0.25, -0.2) is 18.5 Å². The summed E-state index contributed by atoms with van der Waals surface area (Å²) in [6, 6.07) is 5.57. The number of rotatable bonds is 4. The van der Waals surface area contributed by atoms with Crippen LogP contribution in [-0.2, 0) is 14.8 Å². The molecular weight excluding hydrogens is 326 g/mol. The zero-order chi connectivity index (χ0) is 15.9. The van der Waals surface area contributed by atoms with Crippen LogP contribution in [0.25, 0.3) is 10.2 Å². The minimum absolute atomic E-state index is 0.133. The number of benzene rings is 1. The lowest BCUT2D eigenvalue weighted by Gasteiger charge is -2.12. The summed E-state index contributed by atoms with van der Waals surface area (Å²) in [5.41, 5.74) is 0.702. The van der Waals surface area contributed by atoms with Gasteiger partial charge in [0.1, 0.15) is 11.3 Å². The van der Waals surface area contributed by atoms with Crippen LogP contribution < -0.4 is 14.8 Å². The fraction of sp³-hybridized carbons (Fsp3) is 0.385. The van der Waals surface area contributed by atoms with Gasteiger partial charge < -0.3 is 4.74 Å². The van der Waals surface area contributed by atoms with Gasteiger partial charge in [-0.1, -0.05) is 17.4 Å². The molecule has 1 aromatic carbocycles. The van der Waals surface area contributed by atoms with Crippen molar-refractivity contribution in [3.8, 4) is 5.75 Å². The number of fused-ring (bicyclic) bond motifs is 1. The number of primary sulfonamides is 1. The van der Waals surface area contributed by atoms with Crippen LogP contribution in [0.1, 0.15) is 6.42 Å². The number of para-hydroxylation sites is 1. The highest BCUT2D eigenvalue weighted by Gasteiger charge is 2.34. The van der Waals surface area contributed by atoms with E-state index in [1.54, 1.807) is 13.2 Å². The van der Waals surface area contributed by atoms with Crippen LogP contribution in [0.3, 0.4) is 0 Å². The van der Waals surface area contributed by atoms with Gasteiger partial charge in [-0.05, 0) is 12.1 Å². The second kappa shape index (κ2) is 5.49. The molecule has 0 aliphatic carbocycles. The molecule has 118 valence electrons. The van der Waals surface area contributed by atoms with Crippen LogP contribution >= 0.6 is 11.3 Å². The molecule has 1 aliphatic heterocycles. The first-order valence-corrected chi connectivity index (χ1v) is 9.15. The predicted molar refractivity (Wildman–Crippen MR) is 84.6 cm³/mol. The van der Waals surface area contributed by atoms with Crippen LogP contribution in [0, 0.1) is 5.92 Å². The van der Waals surface area contributed by atoms with Crippen molar-refractivity contribution in [2.24, 2.45) is 11.1 Å². The molecule has 22 heavy (non-hydrogen) atoms. The molecule has 3 rings (SSSR count). The smallest absolute Gasteiger partial charge is 0.229 e. The summed E-state index contributed by atoms with van der Waals surface area (Å²) in [6.07, 6.45) is 0.170. The van der Waals surface area contributed by atoms with E-state index < -0.39 is 10.0 Å². The van der Waals surface area contributed by atoms with Crippen LogP contribution in [-0.4, -0.2) is 38.7 Å². The number of thiazole rings is 1. The van der Waals surface area contributed by atoms with E-state index in [1.165, 1.54) is 16.2 Å². The maximum Gasteiger partial charge on any atom is 0.229 e. The third kappa shape index (κ3) is 2.92. The number of ether oxygens (including phenoxy) is 1. The molecule has 2 heterocycles. The Balaban J connectivity index is 1.90. The third-order valence-electron chi connectivity index (χ3n) is 3.49. The number of carbonyl (C=O) groups excluding carboxylic acids is 1. The van der Waals surface area contributed by atoms with E-state index >= 15 is 0 Å². The Hall–Kier alpha value is -1.71. The first-order valence-electron chi connectivity index (χ1n) is 6.62. The Morgan fingerprint density at radius 2 is 2.27 bits per heavy atom. The highest BCUT2D eigenvalue weighted by molar-refractivity contribution is 7.89. The Morgan fingerprint density at radius 1 is 1.50 bits per heavy atom. The lowest BCUT2D eigenvalue weighted by molar-refractivity contribution is -0.117. The number of hydrogen-bond donors (Lipinski definition) is 1. The lowest BCUT2D eigenvalue weighted by atomic mass is 10.1. The van der Waals surface area contributed by atoms with Gasteiger partial charge in [-0.3, -0.25) is 9.69 Å². The van der Waals surface area contributed by atoms with Crippen LogP contribution in [0.5, 0.6) is 5.75 Å². The molecule has 9 heteroatoms. The molecular formula is C13H15N3O4S2. The van der Waals surface area contributed by atoms with Crippen molar-refractivity contribution in [2.45, 2.75) is 6.42 Å². The van der Waals surface area contributed by atoms with Crippen molar-refractivity contribution in [3.63, 3.8) is 0 Å². The maximum absolute atomic E-state index is 12.1. The second-order valence-corrected chi connectivity index (χ2v) is 7.88. The Morgan fingerprint density at radius 3 is 2.95 bits per heavy atom. The molecule has 1 aliphatic rings. The number of aromatic nitrogens is 1. The number of methoxy groups -OCH3 is 1. The zero-order valence-electron chi connectivity index (χ0n) is 11.9. The molecule has 1 amide bonds. The van der Waals surface area contributed by atoms with E-state index in [0.717, 1.165) is 4.70 Å². The van der Waals surface area contributed by atoms with Crippen LogP contribution in [0.4, 0.5) is 5.13 Å². The normalized spacial score (nSPS) is 19.1. The number of nitrogens with zero attached hydrogens (tertiary/aromatic N) is 2. The molecule has 0 radical (unpaired) electrons. The van der Waals surface area contributed by atoms with E-state index in [2.05, 4.69) is 4.98 Å². The second-order valence-electron chi connectivity index (χ2n) is 5.21. The molecule has 0 bridgehead atoms. The van der Waals surface area contributed by atoms with E-state index in [0.29, 0.717) is 22.9 Å². The number of anilines is 1. The average Bonchev–Trinajstić information content (AvgIpc) is 2.99. The molecule has 2 aromatic rings. The zero-order valence-corrected chi connectivity index (χ0v) is 13.5. The molecule has 1 aromatic heterocycles. The highest BCUT2D eigenvalue weighted by atomic mass is 32.2. The summed E-state index contributed by atoms with van der Waals surface area (Å²) in [5.74, 6) is 0.0273. The van der Waals surface area contributed by atoms with Gasteiger partial charge in [0.2, 0.25) is 15.9 Å². The molecule has 0 saturated carbocycles. The number of nitrogens with two attached hydrogens (primary N) is 1. The monoisotopic (exact) mass is 341 g/mol. The van der Waals surface area contributed by atoms with Gasteiger partial charge in [-0.2, -0.15) is 0 Å². The Labute approximate surface area is 131 Å². The van der Waals surface area contributed by atoms with Crippen molar-refractivity contribution < 1.29 is 17.9 Å². The Bertz CT molecular complexity index is 831. The van der Waals surface area contributed by atoms with E-state index in [1.807, 2.05) is 12.1 Å². The summed E-state index contributed by atoms with van der Waals surface area (Å²) in [5, 5.41) is 5.61. The molecule has 2 N–H and O–H groups in total. The largest absolute Gasteiger partial charge is 0.494 e. The van der Waals surface area contributed by atoms with Crippen molar-refractivity contribution in [3.05, 3.63) is 18.2 Å². The maximum atomic E-state index is 12.1. The SMILES string of the molecule is COc1cccc2sc(N3CC(CS(N)(=O)=O)CC3=O)nc12. The van der Waals surface area contributed by atoms with Gasteiger partial charge in [0.05, 0.1) is 17.6 Å². The van der Waals surface area contributed by atoms with Crippen LogP contribution in [0.15, 0.2) is 18.2 Å². The van der Waals surface area contributed by atoms with Gasteiger partial charge in [0.25, 0.3) is 0 Å². The summed E-state index contributed by atoms with van der Waals surface area (Å²) in [6.45, 7) is 0.317. The van der Waals surface area contributed by atoms with Gasteiger partial charge in [-0.15, -0.1) is 0 Å². The third-order valence-corrected chi connectivity index (χ3v) is 5.47. The number of amides is 1. The van der Waals surface area contributed by atoms with Crippen molar-refractivity contribution in [1.29, 1.82) is 0 Å². The van der Waals surface area contributed by atoms with E-state index in [9.17, 15) is 13.2 Å². The van der Waals surface area contributed by atoms with Crippen LogP contribution in [0.2, 0.25) is 0 Å². The summed E-state index contributed by atoms with van der Waals surface area (Å²) in [4.78, 5) is 18.1. The molecule has 0 spiro atoms. The number of sulfonamides is 1. The minimum Gasteiger partial charge on any atom is -0.494 e. The van der Waals surface area contributed by atoms with Crippen molar-refractivity contribution >= 4 is 42.6 Å². The topological polar surface area (TPSA) is 103 Å². The van der Waals surface area contributed by atoms with Crippen molar-refractivity contribution in [1.82, 2.24) is 4.98 Å². The predicted octanol–water partition coefficient (Wildman–Crippen LogP) is 0.946. The molecule has 1 fully saturated rings. The first-order chi connectivity index (χ1) is 10.4. The highest BCUT2D eigenvalue weighted by Crippen LogP contribution is 2.36. The van der Waals surface area contributed by atoms with E-state index in [-0.39, 0.29) is 24.0 Å². The number of carbonyl (C=O) groups is 1. The van der Waals surface area contributed by atoms with Gasteiger partial charge in [0, 0.05) is 18.9 Å². The standard InChI is InChI=1S/C13H15N3O4S2/c1-20-9-3-2-4-10-12(9)15-13(21-10)16-6-8(5-11(16)17)7-22(14,18)19/h2-4,8H,5-7H2,1H3,(H2,14,18,19). The molecule has 1 saturated heterocycles. The summed E-state index contributed by atoms with van der Waals surface area (Å²) >= 11 is 1.38. The first kappa shape index (κ1) is 15.2. The minimum atomic E-state index is -3.59. The van der Waals surface area contributed by atoms with Crippen molar-refractivity contribution in [2.75, 3.05) is 24.3 Å². The molecule has 7 nitrogen and oxygen atoms in total. The fourth-order valence-corrected chi connectivity index (χ4v) is 4.49. The number of hydrogen-bond acceptors (Lipinski definition) is 6. The summed E-state index contributed by atoms with van der Waals surface area (Å²) in [7, 11) is -2.02. The lowest BCUT2D eigenvalue weighted by Crippen LogP contribution is -2.27. The van der Waals surface area contributed by atoms with Gasteiger partial charge in [0.15, 0.2) is 5.13 Å². The van der Waals surface area contributed by atoms with E-state index in [4.69, 9.17) is 9.88 Å². The average molecular weight is 341 g/mol. The Kier molecular flexibility index (Phi) is 3.79. The molecule has 1 unspecified atom stereocenters. The summed E-state index contributed by atoms with van der Waals surface area (Å²) < 4.78 is 28.5. The fourth-order valence-electron chi connectivity index (χ4n) is 2.60. The molecule has 1 atom stereocenters.